The molecule has 29 heteroatoms. The minimum atomic E-state index is -4.02. The molecule has 0 radical (unpaired) electrons. The monoisotopic (exact) mass is 1500 g/mol. The molecule has 0 saturated heterocycles. The number of hydrogen-bond donors (Lipinski definition) is 13. The standard InChI is InChI=1S/C22H28N4O6.C20H25N3O.C16H16ClN3O3S.C15H10Cl2N2O2.C2H6O/c27-11-9-23-5-7-25-13-1-2-14(26-8-6-24-10-12-28)18-17(13)21(31)19-15(29)3-4-16(30)20(19)22(18)32;1-4-23(5-2)20(24)14-9-16-15-7-6-8-17-19(15)13(11-21-17)10-18(16)22(3)12-14;1-9-5-3-4-6-14(9)20-10(2)19-13-8-12(17)15(24(18,22)23)7-11(13)16(20)21;16-10-6-5-9(12(17)7-10)8-19-13-4-2-1-3-11(13)14(18-19)15(20)21;1-2-3/h1-4,23-30H,5-12H2;6-9,11,14,18,21H,4-5,10,12H2,1-3H3;3-8,10,19H,1-2H3,(H2,18,22,23);1-7H,8H2,(H,20,21);3H,2H2,1H3/t;14-,18-;;;/m.1.../s1. The molecular formula is C75H85Cl3N12O13S. The van der Waals surface area contributed by atoms with Gasteiger partial charge >= 0.3 is 5.97 Å². The Bertz CT molecular complexity index is 4740. The van der Waals surface area contributed by atoms with E-state index in [1.165, 1.54) is 51.9 Å². The summed E-state index contributed by atoms with van der Waals surface area (Å²) in [5.41, 5.74) is 9.88. The number of nitrogens with two attached hydrogens (primary N) is 1. The van der Waals surface area contributed by atoms with Crippen LogP contribution in [0.5, 0.6) is 11.5 Å². The number of carboxylic acids is 1. The Kier molecular flexibility index (Phi) is 26.8. The zero-order chi connectivity index (χ0) is 75.3. The van der Waals surface area contributed by atoms with Gasteiger partial charge in [-0.2, -0.15) is 5.10 Å². The van der Waals surface area contributed by atoms with E-state index in [0.717, 1.165) is 48.4 Å². The van der Waals surface area contributed by atoms with Gasteiger partial charge in [0.1, 0.15) is 22.6 Å². The van der Waals surface area contributed by atoms with Crippen LogP contribution in [0.3, 0.4) is 0 Å². The number of carbonyl (C=O) groups excluding carboxylic acids is 4. The summed E-state index contributed by atoms with van der Waals surface area (Å²) in [6, 6.07) is 35.1. The fourth-order valence-corrected chi connectivity index (χ4v) is 14.6. The van der Waals surface area contributed by atoms with Gasteiger partial charge in [0.05, 0.1) is 69.7 Å². The largest absolute Gasteiger partial charge is 0.507 e. The third-order valence-electron chi connectivity index (χ3n) is 17.9. The number of likely N-dealkylation sites (N-methyl/N-ethyl adjacent to an activating group) is 1. The van der Waals surface area contributed by atoms with E-state index in [0.29, 0.717) is 84.3 Å². The number of fused-ring (bicyclic) bond motifs is 6. The molecule has 1 unspecified atom stereocenters. The minimum Gasteiger partial charge on any atom is -0.507 e. The number of aromatic nitrogens is 3. The maximum absolute atomic E-state index is 13.4. The zero-order valence-corrected chi connectivity index (χ0v) is 61.3. The van der Waals surface area contributed by atoms with Crippen LogP contribution in [0.25, 0.3) is 27.4 Å². The molecule has 0 bridgehead atoms. The molecule has 2 aromatic heterocycles. The number of amides is 2. The highest BCUT2D eigenvalue weighted by Crippen LogP contribution is 2.44. The SMILES string of the molecule is CCN(CC)C(=O)[C@@H]1C=C2c3cccc4[nH]cc(c34)C[C@H]2N(C)C1.CCO.Cc1ccccc1N1C(=O)c2cc(S(N)(=O)=O)c(Cl)cc2NC1C.O=C(O)c1nn(Cc2ccc(Cl)cc2Cl)c2ccccc12.O=C1c2c(O)ccc(O)c2C(=O)c2c(NCCNCCO)ccc(NCCNCCO)c21. The Balaban J connectivity index is 0.000000160. The number of phenols is 2. The average molecular weight is 1500 g/mol. The van der Waals surface area contributed by atoms with Gasteiger partial charge in [-0.1, -0.05) is 95.5 Å². The predicted octanol–water partition coefficient (Wildman–Crippen LogP) is 9.57. The molecule has 9 aromatic rings. The summed E-state index contributed by atoms with van der Waals surface area (Å²) in [7, 11) is -1.87. The van der Waals surface area contributed by atoms with Gasteiger partial charge in [-0.25, -0.2) is 18.4 Å². The number of nitrogens with one attached hydrogen (secondary N) is 6. The summed E-state index contributed by atoms with van der Waals surface area (Å²) < 4.78 is 25.0. The van der Waals surface area contributed by atoms with Crippen LogP contribution in [-0.4, -0.2) is 191 Å². The zero-order valence-electron chi connectivity index (χ0n) is 58.2. The van der Waals surface area contributed by atoms with Crippen molar-refractivity contribution >= 4 is 124 Å². The van der Waals surface area contributed by atoms with Gasteiger partial charge in [-0.3, -0.25) is 33.7 Å². The summed E-state index contributed by atoms with van der Waals surface area (Å²) in [5, 5.41) is 82.9. The first-order valence-electron chi connectivity index (χ1n) is 33.8. The second kappa shape index (κ2) is 35.4. The normalized spacial score (nSPS) is 15.5. The number of aliphatic hydroxyl groups excluding tert-OH is 3. The van der Waals surface area contributed by atoms with E-state index < -0.39 is 27.6 Å². The number of sulfonamides is 1. The number of nitrogens with zero attached hydrogens (tertiary/aromatic N) is 5. The van der Waals surface area contributed by atoms with Crippen molar-refractivity contribution in [3.05, 3.63) is 204 Å². The fraction of sp³-hybridized carbons (Fsp3) is 0.307. The molecule has 7 aromatic carbocycles. The number of carbonyl (C=O) groups is 5. The van der Waals surface area contributed by atoms with Crippen molar-refractivity contribution in [1.82, 2.24) is 35.2 Å². The van der Waals surface area contributed by atoms with Crippen molar-refractivity contribution in [2.45, 2.75) is 64.7 Å². The molecule has 3 atom stereocenters. The lowest BCUT2D eigenvalue weighted by molar-refractivity contribution is -0.134. The van der Waals surface area contributed by atoms with Crippen LogP contribution in [-0.2, 0) is 27.8 Å². The van der Waals surface area contributed by atoms with Gasteiger partial charge in [-0.15, -0.1) is 0 Å². The molecule has 0 fully saturated rings. The van der Waals surface area contributed by atoms with Crippen molar-refractivity contribution in [2.75, 3.05) is 107 Å². The number of rotatable bonds is 20. The topological polar surface area (TPSA) is 370 Å². The first-order chi connectivity index (χ1) is 49.8. The Morgan fingerprint density at radius 1 is 0.731 bits per heavy atom. The van der Waals surface area contributed by atoms with E-state index in [1.807, 2.05) is 61.2 Å². The van der Waals surface area contributed by atoms with E-state index >= 15 is 0 Å². The van der Waals surface area contributed by atoms with Crippen LogP contribution in [0.1, 0.15) is 103 Å². The van der Waals surface area contributed by atoms with Crippen LogP contribution in [0.15, 0.2) is 138 Å². The number of aromatic hydroxyl groups is 2. The van der Waals surface area contributed by atoms with Crippen molar-refractivity contribution in [3.8, 4) is 11.5 Å². The Labute approximate surface area is 617 Å². The number of phenolic OH excluding ortho intramolecular Hbond substituents is 2. The number of halogens is 3. The minimum absolute atomic E-state index is 0.00939. The van der Waals surface area contributed by atoms with Crippen molar-refractivity contribution in [1.29, 1.82) is 0 Å². The molecule has 13 rings (SSSR count). The number of ketones is 2. The highest BCUT2D eigenvalue weighted by Gasteiger charge is 2.40. The van der Waals surface area contributed by atoms with Gasteiger partial charge in [0.2, 0.25) is 27.5 Å². The molecule has 2 aliphatic heterocycles. The predicted molar refractivity (Wildman–Crippen MR) is 407 cm³/mol. The number of aromatic carboxylic acids is 1. The summed E-state index contributed by atoms with van der Waals surface area (Å²) in [4.78, 5) is 72.9. The number of primary sulfonamides is 1. The van der Waals surface area contributed by atoms with Gasteiger partial charge in [0.25, 0.3) is 5.91 Å². The lowest BCUT2D eigenvalue weighted by Gasteiger charge is -2.40. The number of aliphatic hydroxyl groups is 3. The Morgan fingerprint density at radius 3 is 1.91 bits per heavy atom. The third kappa shape index (κ3) is 17.5. The number of aromatic amines is 1. The highest BCUT2D eigenvalue weighted by atomic mass is 35.5. The van der Waals surface area contributed by atoms with Crippen LogP contribution in [0, 0.1) is 12.8 Å². The maximum atomic E-state index is 13.4. The number of H-pyrrole nitrogens is 1. The van der Waals surface area contributed by atoms with Crippen LogP contribution in [0.4, 0.5) is 22.7 Å². The molecule has 4 heterocycles. The molecule has 104 heavy (non-hydrogen) atoms. The molecule has 14 N–H and O–H groups in total. The highest BCUT2D eigenvalue weighted by molar-refractivity contribution is 7.89. The second-order valence-corrected chi connectivity index (χ2v) is 27.5. The number of hydrogen-bond acceptors (Lipinski definition) is 19. The van der Waals surface area contributed by atoms with E-state index in [2.05, 4.69) is 92.9 Å². The molecule has 550 valence electrons. The second-order valence-electron chi connectivity index (χ2n) is 24.7. The molecule has 0 spiro atoms. The third-order valence-corrected chi connectivity index (χ3v) is 19.9. The molecule has 4 aliphatic rings. The number of anilines is 4. The van der Waals surface area contributed by atoms with Crippen LogP contribution >= 0.6 is 34.8 Å². The van der Waals surface area contributed by atoms with Crippen LogP contribution in [0.2, 0.25) is 15.1 Å². The van der Waals surface area contributed by atoms with Gasteiger partial charge in [0.15, 0.2) is 5.69 Å². The number of benzene rings is 7. The molecule has 25 nitrogen and oxygen atoms in total. The number of para-hydroxylation sites is 2. The molecular weight excluding hydrogens is 1420 g/mol. The van der Waals surface area contributed by atoms with Crippen molar-refractivity contribution < 1.29 is 63.0 Å². The van der Waals surface area contributed by atoms with E-state index in [-0.39, 0.29) is 98.6 Å². The molecule has 2 amide bonds. The Hall–Kier alpha value is -9.42. The number of carboxylic acid groups (broad SMARTS) is 1. The van der Waals surface area contributed by atoms with Crippen molar-refractivity contribution in [2.24, 2.45) is 11.1 Å². The fourth-order valence-electron chi connectivity index (χ4n) is 13.0. The first-order valence-corrected chi connectivity index (χ1v) is 36.5. The van der Waals surface area contributed by atoms with Crippen LogP contribution < -0.4 is 36.6 Å². The van der Waals surface area contributed by atoms with E-state index in [9.17, 15) is 47.7 Å². The summed E-state index contributed by atoms with van der Waals surface area (Å²) >= 11 is 18.0. The van der Waals surface area contributed by atoms with E-state index in [1.54, 1.807) is 52.9 Å². The average Bonchev–Trinajstić information content (AvgIpc) is 0.840. The maximum Gasteiger partial charge on any atom is 0.357 e. The summed E-state index contributed by atoms with van der Waals surface area (Å²) in [5.74, 6) is -3.01. The summed E-state index contributed by atoms with van der Waals surface area (Å²) in [6.07, 6.45) is 5.09. The first kappa shape index (κ1) is 78.7. The number of aryl methyl sites for hydroxylation is 1. The molecule has 2 aliphatic carbocycles. The lowest BCUT2D eigenvalue weighted by atomic mass is 9.79. The summed E-state index contributed by atoms with van der Waals surface area (Å²) in [6.45, 7) is 15.3. The van der Waals surface area contributed by atoms with E-state index in [4.69, 9.17) is 55.3 Å². The van der Waals surface area contributed by atoms with Crippen molar-refractivity contribution in [3.63, 3.8) is 0 Å². The van der Waals surface area contributed by atoms with Gasteiger partial charge in [-0.05, 0) is 143 Å². The smallest absolute Gasteiger partial charge is 0.357 e. The van der Waals surface area contributed by atoms with Gasteiger partial charge < -0.3 is 67.1 Å². The quantitative estimate of drug-likeness (QED) is 0.0249. The Morgan fingerprint density at radius 2 is 1.34 bits per heavy atom. The van der Waals surface area contributed by atoms with Gasteiger partial charge in [0, 0.05) is 121 Å². The lowest BCUT2D eigenvalue weighted by Crippen LogP contribution is -2.47. The molecule has 0 saturated carbocycles.